The summed E-state index contributed by atoms with van der Waals surface area (Å²) in [5.41, 5.74) is 2.87. The summed E-state index contributed by atoms with van der Waals surface area (Å²) in [6.07, 6.45) is 0.672. The van der Waals surface area contributed by atoms with Crippen LogP contribution in [0.3, 0.4) is 0 Å². The number of nitrogens with zero attached hydrogens (tertiary/aromatic N) is 2. The van der Waals surface area contributed by atoms with Gasteiger partial charge in [-0.1, -0.05) is 19.1 Å². The van der Waals surface area contributed by atoms with Gasteiger partial charge in [0.05, 0.1) is 0 Å². The minimum absolute atomic E-state index is 0.106. The molecular weight excluding hydrogens is 356 g/mol. The van der Waals surface area contributed by atoms with Crippen LogP contribution in [0.15, 0.2) is 18.2 Å². The van der Waals surface area contributed by atoms with E-state index >= 15 is 0 Å². The molecule has 0 radical (unpaired) electrons. The second-order valence-corrected chi connectivity index (χ2v) is 8.39. The molecule has 0 saturated carbocycles. The first-order valence-corrected chi connectivity index (χ1v) is 10.1. The van der Waals surface area contributed by atoms with Crippen molar-refractivity contribution in [2.75, 3.05) is 19.6 Å². The van der Waals surface area contributed by atoms with E-state index in [2.05, 4.69) is 35.4 Å². The third-order valence-corrected chi connectivity index (χ3v) is 6.15. The van der Waals surface area contributed by atoms with E-state index in [1.165, 1.54) is 0 Å². The maximum Gasteiger partial charge on any atom is 0.255 e. The van der Waals surface area contributed by atoms with Crippen LogP contribution in [0, 0.1) is 5.92 Å². The van der Waals surface area contributed by atoms with E-state index in [1.807, 2.05) is 12.1 Å². The van der Waals surface area contributed by atoms with Crippen LogP contribution in [0.4, 0.5) is 0 Å². The topological polar surface area (TPSA) is 81.8 Å². The lowest BCUT2D eigenvalue weighted by atomic mass is 10.0. The molecule has 28 heavy (non-hydrogen) atoms. The van der Waals surface area contributed by atoms with Crippen LogP contribution < -0.4 is 10.6 Å². The lowest BCUT2D eigenvalue weighted by Crippen LogP contribution is -2.52. The van der Waals surface area contributed by atoms with Crippen molar-refractivity contribution in [1.82, 2.24) is 20.4 Å². The number of carbonyl (C=O) groups is 3. The predicted octanol–water partition coefficient (Wildman–Crippen LogP) is 0.877. The molecule has 7 nitrogen and oxygen atoms in total. The fraction of sp³-hybridized carbons (Fsp3) is 0.571. The number of rotatable bonds is 3. The molecule has 2 fully saturated rings. The van der Waals surface area contributed by atoms with Gasteiger partial charge in [0.1, 0.15) is 6.04 Å². The molecule has 1 aromatic carbocycles. The third kappa shape index (κ3) is 3.56. The molecule has 2 saturated heterocycles. The molecule has 3 atom stereocenters. The largest absolute Gasteiger partial charge is 0.322 e. The molecule has 1 aromatic rings. The Morgan fingerprint density at radius 2 is 1.96 bits per heavy atom. The highest BCUT2D eigenvalue weighted by atomic mass is 16.2. The van der Waals surface area contributed by atoms with Gasteiger partial charge in [0, 0.05) is 44.2 Å². The smallest absolute Gasteiger partial charge is 0.255 e. The van der Waals surface area contributed by atoms with Gasteiger partial charge in [0.2, 0.25) is 11.8 Å². The summed E-state index contributed by atoms with van der Waals surface area (Å²) in [5, 5.41) is 5.87. The Bertz CT molecular complexity index is 809. The van der Waals surface area contributed by atoms with Crippen molar-refractivity contribution < 1.29 is 14.4 Å². The Morgan fingerprint density at radius 3 is 2.75 bits per heavy atom. The number of fused-ring (bicyclic) bond motifs is 1. The van der Waals surface area contributed by atoms with Gasteiger partial charge in [-0.05, 0) is 43.0 Å². The highest BCUT2D eigenvalue weighted by Crippen LogP contribution is 2.31. The number of imide groups is 1. The van der Waals surface area contributed by atoms with Gasteiger partial charge in [0.15, 0.2) is 0 Å². The molecule has 150 valence electrons. The zero-order chi connectivity index (χ0) is 19.8. The van der Waals surface area contributed by atoms with Crippen LogP contribution in [0.2, 0.25) is 0 Å². The Labute approximate surface area is 165 Å². The van der Waals surface area contributed by atoms with Crippen LogP contribution >= 0.6 is 0 Å². The second kappa shape index (κ2) is 7.64. The van der Waals surface area contributed by atoms with Gasteiger partial charge in [-0.25, -0.2) is 0 Å². The zero-order valence-electron chi connectivity index (χ0n) is 16.5. The summed E-state index contributed by atoms with van der Waals surface area (Å²) in [6.45, 7) is 8.72. The summed E-state index contributed by atoms with van der Waals surface area (Å²) in [4.78, 5) is 40.8. The number of carbonyl (C=O) groups excluding carboxylic acids is 3. The zero-order valence-corrected chi connectivity index (χ0v) is 16.5. The fourth-order valence-corrected chi connectivity index (χ4v) is 4.55. The van der Waals surface area contributed by atoms with Crippen molar-refractivity contribution in [2.24, 2.45) is 5.92 Å². The van der Waals surface area contributed by atoms with E-state index in [4.69, 9.17) is 0 Å². The van der Waals surface area contributed by atoms with E-state index in [-0.39, 0.29) is 24.1 Å². The number of benzene rings is 1. The highest BCUT2D eigenvalue weighted by Gasteiger charge is 2.40. The Kier molecular flexibility index (Phi) is 5.21. The lowest BCUT2D eigenvalue weighted by Gasteiger charge is -2.30. The lowest BCUT2D eigenvalue weighted by molar-refractivity contribution is -0.136. The maximum absolute atomic E-state index is 13.0. The fourth-order valence-electron chi connectivity index (χ4n) is 4.55. The van der Waals surface area contributed by atoms with Crippen LogP contribution in [0.1, 0.15) is 48.2 Å². The van der Waals surface area contributed by atoms with Crippen molar-refractivity contribution in [3.63, 3.8) is 0 Å². The molecule has 2 N–H and O–H groups in total. The molecule has 0 bridgehead atoms. The molecule has 0 spiro atoms. The summed E-state index contributed by atoms with van der Waals surface area (Å²) >= 11 is 0. The molecule has 3 aliphatic rings. The van der Waals surface area contributed by atoms with E-state index in [0.717, 1.165) is 37.3 Å². The third-order valence-electron chi connectivity index (χ3n) is 6.15. The quantitative estimate of drug-likeness (QED) is 0.756. The first-order valence-electron chi connectivity index (χ1n) is 10.1. The predicted molar refractivity (Wildman–Crippen MR) is 104 cm³/mol. The first kappa shape index (κ1) is 19.1. The van der Waals surface area contributed by atoms with E-state index in [0.29, 0.717) is 30.5 Å². The maximum atomic E-state index is 13.0. The van der Waals surface area contributed by atoms with Gasteiger partial charge in [-0.3, -0.25) is 24.6 Å². The van der Waals surface area contributed by atoms with Crippen LogP contribution in [0.5, 0.6) is 0 Å². The van der Waals surface area contributed by atoms with Crippen molar-refractivity contribution in [3.05, 3.63) is 34.9 Å². The normalized spacial score (nSPS) is 28.9. The van der Waals surface area contributed by atoms with Crippen LogP contribution in [-0.4, -0.2) is 59.2 Å². The summed E-state index contributed by atoms with van der Waals surface area (Å²) < 4.78 is 0. The molecule has 3 heterocycles. The van der Waals surface area contributed by atoms with Crippen molar-refractivity contribution in [3.8, 4) is 0 Å². The van der Waals surface area contributed by atoms with Gasteiger partial charge < -0.3 is 10.2 Å². The van der Waals surface area contributed by atoms with Crippen molar-refractivity contribution >= 4 is 17.7 Å². The summed E-state index contributed by atoms with van der Waals surface area (Å²) in [7, 11) is 0. The number of piperidine rings is 1. The Morgan fingerprint density at radius 1 is 1.14 bits per heavy atom. The van der Waals surface area contributed by atoms with E-state index in [9.17, 15) is 14.4 Å². The summed E-state index contributed by atoms with van der Waals surface area (Å²) in [5.74, 6) is -0.155. The molecular formula is C21H28N4O3. The van der Waals surface area contributed by atoms with Crippen molar-refractivity contribution in [2.45, 2.75) is 51.9 Å². The monoisotopic (exact) mass is 384 g/mol. The molecule has 3 unspecified atom stereocenters. The molecule has 0 aromatic heterocycles. The van der Waals surface area contributed by atoms with Gasteiger partial charge in [-0.2, -0.15) is 0 Å². The SMILES string of the molecule is CC1CNCC(C)N(Cc2cccc3c2CN(C2CCC(=O)NC2=O)C3=O)C1. The highest BCUT2D eigenvalue weighted by molar-refractivity contribution is 6.05. The molecule has 7 heteroatoms. The van der Waals surface area contributed by atoms with Crippen LogP contribution in [0.25, 0.3) is 0 Å². The number of amides is 3. The van der Waals surface area contributed by atoms with Crippen LogP contribution in [-0.2, 0) is 22.7 Å². The number of nitrogens with one attached hydrogen (secondary N) is 2. The Hall–Kier alpha value is -2.25. The number of hydrogen-bond donors (Lipinski definition) is 2. The van der Waals surface area contributed by atoms with Crippen molar-refractivity contribution in [1.29, 1.82) is 0 Å². The minimum Gasteiger partial charge on any atom is -0.322 e. The van der Waals surface area contributed by atoms with Gasteiger partial charge >= 0.3 is 0 Å². The minimum atomic E-state index is -0.563. The van der Waals surface area contributed by atoms with E-state index in [1.54, 1.807) is 4.90 Å². The average molecular weight is 384 g/mol. The number of hydrogen-bond acceptors (Lipinski definition) is 5. The second-order valence-electron chi connectivity index (χ2n) is 8.39. The first-order chi connectivity index (χ1) is 13.4. The molecule has 4 rings (SSSR count). The molecule has 0 aliphatic carbocycles. The molecule has 3 amide bonds. The molecule has 3 aliphatic heterocycles. The summed E-state index contributed by atoms with van der Waals surface area (Å²) in [6, 6.07) is 5.74. The average Bonchev–Trinajstić information content (AvgIpc) is 2.89. The van der Waals surface area contributed by atoms with Gasteiger partial charge in [-0.15, -0.1) is 0 Å². The van der Waals surface area contributed by atoms with Gasteiger partial charge in [0.25, 0.3) is 5.91 Å². The standard InChI is InChI=1S/C21H28N4O3/c1-13-8-22-9-14(2)24(10-13)11-15-4-3-5-16-17(15)12-25(21(16)28)18-6-7-19(26)23-20(18)27/h3-5,13-14,18,22H,6-12H2,1-2H3,(H,23,26,27). The Balaban J connectivity index is 1.56. The van der Waals surface area contributed by atoms with E-state index < -0.39 is 6.04 Å².